The van der Waals surface area contributed by atoms with Crippen LogP contribution in [0.15, 0.2) is 18.2 Å². The summed E-state index contributed by atoms with van der Waals surface area (Å²) in [6.07, 6.45) is 4.05. The Morgan fingerprint density at radius 2 is 2.04 bits per heavy atom. The lowest BCUT2D eigenvalue weighted by atomic mass is 9.72. The van der Waals surface area contributed by atoms with Crippen LogP contribution >= 0.6 is 11.6 Å². The lowest BCUT2D eigenvalue weighted by Gasteiger charge is -2.57. The molecule has 2 bridgehead atoms. The molecule has 4 rings (SSSR count). The molecule has 148 valence electrons. The van der Waals surface area contributed by atoms with Gasteiger partial charge in [-0.05, 0) is 62.9 Å². The highest BCUT2D eigenvalue weighted by molar-refractivity contribution is 6.31. The highest BCUT2D eigenvalue weighted by atomic mass is 35.5. The molecule has 3 aliphatic heterocycles. The van der Waals surface area contributed by atoms with Gasteiger partial charge in [0, 0.05) is 49.7 Å². The molecule has 6 heteroatoms. The summed E-state index contributed by atoms with van der Waals surface area (Å²) in [5, 5.41) is 0.505. The molecular formula is C21H29ClFN3O. The van der Waals surface area contributed by atoms with Gasteiger partial charge in [-0.25, -0.2) is 4.39 Å². The summed E-state index contributed by atoms with van der Waals surface area (Å²) in [6, 6.07) is 5.36. The summed E-state index contributed by atoms with van der Waals surface area (Å²) >= 11 is 6.27. The Morgan fingerprint density at radius 3 is 2.78 bits per heavy atom. The fourth-order valence-corrected chi connectivity index (χ4v) is 5.73. The van der Waals surface area contributed by atoms with E-state index in [1.54, 1.807) is 6.07 Å². The molecule has 27 heavy (non-hydrogen) atoms. The third kappa shape index (κ3) is 3.87. The molecule has 0 aliphatic carbocycles. The zero-order valence-electron chi connectivity index (χ0n) is 16.2. The van der Waals surface area contributed by atoms with Crippen molar-refractivity contribution in [2.75, 3.05) is 33.7 Å². The molecule has 0 unspecified atom stereocenters. The molecule has 3 fully saturated rings. The minimum absolute atomic E-state index is 0.290. The first-order valence-corrected chi connectivity index (χ1v) is 10.4. The monoisotopic (exact) mass is 393 g/mol. The highest BCUT2D eigenvalue weighted by Gasteiger charge is 2.49. The SMILES string of the molecule is CN(C)C[C@H]1[C@H]2C[C@H](CN(Cc3ccc(F)cc3Cl)C2)[C@@H]2CCCC(=O)N21. The average Bonchev–Trinajstić information content (AvgIpc) is 2.61. The Bertz CT molecular complexity index is 713. The van der Waals surface area contributed by atoms with Crippen molar-refractivity contribution >= 4 is 17.5 Å². The third-order valence-corrected chi connectivity index (χ3v) is 6.89. The fourth-order valence-electron chi connectivity index (χ4n) is 5.50. The molecule has 0 aromatic heterocycles. The molecule has 1 amide bonds. The van der Waals surface area contributed by atoms with E-state index in [1.165, 1.54) is 18.6 Å². The summed E-state index contributed by atoms with van der Waals surface area (Å²) in [7, 11) is 4.18. The molecule has 0 N–H and O–H groups in total. The quantitative estimate of drug-likeness (QED) is 0.785. The largest absolute Gasteiger partial charge is 0.335 e. The maximum absolute atomic E-state index is 13.4. The van der Waals surface area contributed by atoms with Crippen LogP contribution in [0.25, 0.3) is 0 Å². The Hall–Kier alpha value is -1.17. The number of halogens is 2. The van der Waals surface area contributed by atoms with E-state index in [-0.39, 0.29) is 5.82 Å². The summed E-state index contributed by atoms with van der Waals surface area (Å²) < 4.78 is 13.4. The molecule has 1 aromatic carbocycles. The van der Waals surface area contributed by atoms with Crippen molar-refractivity contribution in [2.24, 2.45) is 11.8 Å². The second-order valence-electron chi connectivity index (χ2n) is 8.78. The van der Waals surface area contributed by atoms with E-state index >= 15 is 0 Å². The van der Waals surface area contributed by atoms with Crippen LogP contribution in [0.1, 0.15) is 31.2 Å². The van der Waals surface area contributed by atoms with Crippen LogP contribution in [-0.4, -0.2) is 66.4 Å². The van der Waals surface area contributed by atoms with Crippen molar-refractivity contribution in [1.29, 1.82) is 0 Å². The number of fused-ring (bicyclic) bond motifs is 4. The minimum atomic E-state index is -0.290. The van der Waals surface area contributed by atoms with Crippen LogP contribution in [-0.2, 0) is 11.3 Å². The van der Waals surface area contributed by atoms with Crippen molar-refractivity contribution in [2.45, 2.75) is 44.3 Å². The summed E-state index contributed by atoms with van der Waals surface area (Å²) in [4.78, 5) is 19.7. The van der Waals surface area contributed by atoms with Gasteiger partial charge in [-0.3, -0.25) is 9.69 Å². The molecule has 1 aromatic rings. The number of benzene rings is 1. The standard InChI is InChI=1S/C21H29ClFN3O/c1-24(2)13-20-16-8-15(19-4-3-5-21(27)26(19)20)11-25(12-16)10-14-6-7-17(23)9-18(14)22/h6-7,9,15-16,19-20H,3-5,8,10-13H2,1-2H3/t15-,16+,19+,20+/m1/s1. The number of carbonyl (C=O) groups is 1. The van der Waals surface area contributed by atoms with Gasteiger partial charge in [0.2, 0.25) is 5.91 Å². The number of hydrogen-bond donors (Lipinski definition) is 0. The number of likely N-dealkylation sites (tertiary alicyclic amines) is 1. The third-order valence-electron chi connectivity index (χ3n) is 6.53. The van der Waals surface area contributed by atoms with Crippen LogP contribution in [0.4, 0.5) is 4.39 Å². The second-order valence-corrected chi connectivity index (χ2v) is 9.18. The summed E-state index contributed by atoms with van der Waals surface area (Å²) in [5.74, 6) is 1.08. The molecule has 0 saturated carbocycles. The lowest BCUT2D eigenvalue weighted by molar-refractivity contribution is -0.153. The van der Waals surface area contributed by atoms with Gasteiger partial charge in [-0.15, -0.1) is 0 Å². The number of nitrogens with zero attached hydrogens (tertiary/aromatic N) is 3. The van der Waals surface area contributed by atoms with Crippen molar-refractivity contribution in [3.8, 4) is 0 Å². The predicted molar refractivity (Wildman–Crippen MR) is 105 cm³/mol. The van der Waals surface area contributed by atoms with Gasteiger partial charge in [-0.1, -0.05) is 17.7 Å². The first kappa shape index (κ1) is 19.2. The molecule has 3 aliphatic rings. The van der Waals surface area contributed by atoms with Crippen molar-refractivity contribution < 1.29 is 9.18 Å². The van der Waals surface area contributed by atoms with Crippen LogP contribution in [0.3, 0.4) is 0 Å². The highest BCUT2D eigenvalue weighted by Crippen LogP contribution is 2.42. The lowest BCUT2D eigenvalue weighted by Crippen LogP contribution is -2.66. The molecule has 3 saturated heterocycles. The van der Waals surface area contributed by atoms with Crippen molar-refractivity contribution in [3.63, 3.8) is 0 Å². The van der Waals surface area contributed by atoms with E-state index < -0.39 is 0 Å². The van der Waals surface area contributed by atoms with Gasteiger partial charge in [0.05, 0.1) is 0 Å². The average molecular weight is 394 g/mol. The van der Waals surface area contributed by atoms with E-state index in [1.807, 2.05) is 0 Å². The Balaban J connectivity index is 1.56. The zero-order chi connectivity index (χ0) is 19.1. The predicted octanol–water partition coefficient (Wildman–Crippen LogP) is 3.24. The number of likely N-dealkylation sites (N-methyl/N-ethyl adjacent to an activating group) is 1. The summed E-state index contributed by atoms with van der Waals surface area (Å²) in [6.45, 7) is 3.64. The van der Waals surface area contributed by atoms with Crippen LogP contribution in [0, 0.1) is 17.7 Å². The van der Waals surface area contributed by atoms with E-state index in [0.717, 1.165) is 44.6 Å². The number of amides is 1. The minimum Gasteiger partial charge on any atom is -0.335 e. The number of rotatable bonds is 4. The Labute approximate surface area is 166 Å². The maximum Gasteiger partial charge on any atom is 0.223 e. The van der Waals surface area contributed by atoms with Gasteiger partial charge in [0.15, 0.2) is 0 Å². The normalized spacial score (nSPS) is 31.3. The van der Waals surface area contributed by atoms with Crippen molar-refractivity contribution in [1.82, 2.24) is 14.7 Å². The molecular weight excluding hydrogens is 365 g/mol. The van der Waals surface area contributed by atoms with Gasteiger partial charge in [0.25, 0.3) is 0 Å². The van der Waals surface area contributed by atoms with Crippen LogP contribution < -0.4 is 0 Å². The number of carbonyl (C=O) groups excluding carboxylic acids is 1. The topological polar surface area (TPSA) is 26.8 Å². The van der Waals surface area contributed by atoms with Crippen LogP contribution in [0.2, 0.25) is 5.02 Å². The van der Waals surface area contributed by atoms with E-state index in [2.05, 4.69) is 28.8 Å². The summed E-state index contributed by atoms with van der Waals surface area (Å²) in [5.41, 5.74) is 0.985. The van der Waals surface area contributed by atoms with Crippen LogP contribution in [0.5, 0.6) is 0 Å². The van der Waals surface area contributed by atoms with Gasteiger partial charge >= 0.3 is 0 Å². The first-order valence-electron chi connectivity index (χ1n) is 10.0. The van der Waals surface area contributed by atoms with E-state index in [4.69, 9.17) is 11.6 Å². The van der Waals surface area contributed by atoms with Gasteiger partial charge in [-0.2, -0.15) is 0 Å². The zero-order valence-corrected chi connectivity index (χ0v) is 17.0. The second kappa shape index (κ2) is 7.69. The number of piperidine rings is 3. The molecule has 0 spiro atoms. The molecule has 3 heterocycles. The Kier molecular flexibility index (Phi) is 5.45. The molecule has 4 atom stereocenters. The van der Waals surface area contributed by atoms with Gasteiger partial charge in [0.1, 0.15) is 5.82 Å². The Morgan fingerprint density at radius 1 is 1.26 bits per heavy atom. The molecule has 4 nitrogen and oxygen atoms in total. The fraction of sp³-hybridized carbons (Fsp3) is 0.667. The van der Waals surface area contributed by atoms with Crippen molar-refractivity contribution in [3.05, 3.63) is 34.6 Å². The van der Waals surface area contributed by atoms with E-state index in [0.29, 0.717) is 41.3 Å². The maximum atomic E-state index is 13.4. The first-order chi connectivity index (χ1) is 12.9. The van der Waals surface area contributed by atoms with Gasteiger partial charge < -0.3 is 9.80 Å². The van der Waals surface area contributed by atoms with E-state index in [9.17, 15) is 9.18 Å². The smallest absolute Gasteiger partial charge is 0.223 e. The number of hydrogen-bond acceptors (Lipinski definition) is 3. The molecule has 0 radical (unpaired) electrons.